The quantitative estimate of drug-likeness (QED) is 0.843. The normalized spacial score (nSPS) is 12.9. The monoisotopic (exact) mass is 290 g/mol. The molecule has 0 aliphatic rings. The molecular weight excluding hydrogens is 272 g/mol. The van der Waals surface area contributed by atoms with Gasteiger partial charge in [-0.3, -0.25) is 0 Å². The second kappa shape index (κ2) is 6.09. The highest BCUT2D eigenvalue weighted by molar-refractivity contribution is 7.91. The van der Waals surface area contributed by atoms with Crippen molar-refractivity contribution in [3.05, 3.63) is 54.6 Å². The van der Waals surface area contributed by atoms with Crippen molar-refractivity contribution < 1.29 is 13.2 Å². The van der Waals surface area contributed by atoms with E-state index in [9.17, 15) is 8.42 Å². The standard InChI is InChI=1S/C16H18O3S/c1-3-13(2)19-14-9-11-16(12-10-14)20(17,18)15-7-5-4-6-8-15/h4-13H,3H2,1-2H3. The van der Waals surface area contributed by atoms with Crippen LogP contribution in [-0.4, -0.2) is 14.5 Å². The highest BCUT2D eigenvalue weighted by atomic mass is 32.2. The average Bonchev–Trinajstić information content (AvgIpc) is 2.48. The zero-order valence-electron chi connectivity index (χ0n) is 11.6. The maximum absolute atomic E-state index is 12.4. The van der Waals surface area contributed by atoms with Gasteiger partial charge in [0.1, 0.15) is 5.75 Å². The lowest BCUT2D eigenvalue weighted by Gasteiger charge is -2.12. The second-order valence-electron chi connectivity index (χ2n) is 4.62. The Morgan fingerprint density at radius 2 is 1.50 bits per heavy atom. The Kier molecular flexibility index (Phi) is 4.45. The molecule has 1 atom stereocenters. The van der Waals surface area contributed by atoms with Crippen LogP contribution in [0.1, 0.15) is 20.3 Å². The molecule has 20 heavy (non-hydrogen) atoms. The van der Waals surface area contributed by atoms with Crippen molar-refractivity contribution in [1.82, 2.24) is 0 Å². The molecule has 106 valence electrons. The summed E-state index contributed by atoms with van der Waals surface area (Å²) in [6.45, 7) is 4.02. The van der Waals surface area contributed by atoms with Crippen molar-refractivity contribution in [2.45, 2.75) is 36.2 Å². The van der Waals surface area contributed by atoms with Gasteiger partial charge in [-0.2, -0.15) is 0 Å². The van der Waals surface area contributed by atoms with Crippen molar-refractivity contribution in [1.29, 1.82) is 0 Å². The van der Waals surface area contributed by atoms with E-state index < -0.39 is 9.84 Å². The minimum absolute atomic E-state index is 0.117. The van der Waals surface area contributed by atoms with Gasteiger partial charge in [-0.1, -0.05) is 25.1 Å². The Bertz CT molecular complexity index is 646. The van der Waals surface area contributed by atoms with E-state index in [4.69, 9.17) is 4.74 Å². The maximum Gasteiger partial charge on any atom is 0.206 e. The molecule has 0 bridgehead atoms. The molecular formula is C16H18O3S. The number of rotatable bonds is 5. The lowest BCUT2D eigenvalue weighted by Crippen LogP contribution is -2.09. The first-order valence-corrected chi connectivity index (χ1v) is 8.09. The zero-order valence-corrected chi connectivity index (χ0v) is 12.4. The summed E-state index contributed by atoms with van der Waals surface area (Å²) < 4.78 is 30.4. The Morgan fingerprint density at radius 1 is 0.950 bits per heavy atom. The van der Waals surface area contributed by atoms with Crippen LogP contribution in [0, 0.1) is 0 Å². The summed E-state index contributed by atoms with van der Waals surface area (Å²) >= 11 is 0. The first-order chi connectivity index (χ1) is 9.54. The second-order valence-corrected chi connectivity index (χ2v) is 6.57. The minimum atomic E-state index is -3.45. The van der Waals surface area contributed by atoms with Crippen molar-refractivity contribution >= 4 is 9.84 Å². The highest BCUT2D eigenvalue weighted by Crippen LogP contribution is 2.23. The van der Waals surface area contributed by atoms with E-state index in [0.717, 1.165) is 6.42 Å². The summed E-state index contributed by atoms with van der Waals surface area (Å²) in [5, 5.41) is 0. The van der Waals surface area contributed by atoms with E-state index in [0.29, 0.717) is 10.6 Å². The molecule has 0 N–H and O–H groups in total. The smallest absolute Gasteiger partial charge is 0.206 e. The largest absolute Gasteiger partial charge is 0.491 e. The molecule has 0 amide bonds. The summed E-state index contributed by atoms with van der Waals surface area (Å²) in [5.41, 5.74) is 0. The summed E-state index contributed by atoms with van der Waals surface area (Å²) in [6, 6.07) is 15.0. The third kappa shape index (κ3) is 3.20. The van der Waals surface area contributed by atoms with Crippen LogP contribution in [0.2, 0.25) is 0 Å². The molecule has 2 rings (SSSR count). The molecule has 0 heterocycles. The molecule has 2 aromatic rings. The third-order valence-corrected chi connectivity index (χ3v) is 4.89. The van der Waals surface area contributed by atoms with Gasteiger partial charge in [-0.05, 0) is 49.7 Å². The van der Waals surface area contributed by atoms with Gasteiger partial charge in [0.15, 0.2) is 0 Å². The fourth-order valence-corrected chi connectivity index (χ4v) is 3.03. The van der Waals surface area contributed by atoms with Gasteiger partial charge in [-0.15, -0.1) is 0 Å². The molecule has 2 aromatic carbocycles. The number of ether oxygens (including phenoxy) is 1. The predicted octanol–water partition coefficient (Wildman–Crippen LogP) is 3.70. The fourth-order valence-electron chi connectivity index (χ4n) is 1.75. The molecule has 0 saturated carbocycles. The summed E-state index contributed by atoms with van der Waals surface area (Å²) in [6.07, 6.45) is 1.02. The molecule has 3 nitrogen and oxygen atoms in total. The van der Waals surface area contributed by atoms with Crippen molar-refractivity contribution in [3.8, 4) is 5.75 Å². The van der Waals surface area contributed by atoms with Crippen LogP contribution in [0.25, 0.3) is 0 Å². The lowest BCUT2D eigenvalue weighted by molar-refractivity contribution is 0.217. The van der Waals surface area contributed by atoms with Crippen molar-refractivity contribution in [2.24, 2.45) is 0 Å². The Morgan fingerprint density at radius 3 is 2.05 bits per heavy atom. The van der Waals surface area contributed by atoms with Crippen LogP contribution in [0.5, 0.6) is 5.75 Å². The molecule has 0 aliphatic heterocycles. The van der Waals surface area contributed by atoms with Gasteiger partial charge in [0.05, 0.1) is 15.9 Å². The van der Waals surface area contributed by atoms with Gasteiger partial charge >= 0.3 is 0 Å². The molecule has 0 aromatic heterocycles. The Labute approximate surface area is 120 Å². The highest BCUT2D eigenvalue weighted by Gasteiger charge is 2.17. The molecule has 1 unspecified atom stereocenters. The Balaban J connectivity index is 2.26. The molecule has 0 spiro atoms. The summed E-state index contributed by atoms with van der Waals surface area (Å²) in [7, 11) is -3.45. The SMILES string of the molecule is CCC(C)Oc1ccc(S(=O)(=O)c2ccccc2)cc1. The zero-order chi connectivity index (χ0) is 14.6. The van der Waals surface area contributed by atoms with E-state index in [2.05, 4.69) is 0 Å². The van der Waals surface area contributed by atoms with Crippen LogP contribution in [0.3, 0.4) is 0 Å². The van der Waals surface area contributed by atoms with E-state index >= 15 is 0 Å². The molecule has 0 radical (unpaired) electrons. The number of benzene rings is 2. The predicted molar refractivity (Wildman–Crippen MR) is 78.7 cm³/mol. The summed E-state index contributed by atoms with van der Waals surface area (Å²) in [4.78, 5) is 0.579. The molecule has 0 saturated heterocycles. The average molecular weight is 290 g/mol. The first-order valence-electron chi connectivity index (χ1n) is 6.61. The number of hydrogen-bond acceptors (Lipinski definition) is 3. The topological polar surface area (TPSA) is 43.4 Å². The fraction of sp³-hybridized carbons (Fsp3) is 0.250. The van der Waals surface area contributed by atoms with Gasteiger partial charge in [-0.25, -0.2) is 8.42 Å². The third-order valence-electron chi connectivity index (χ3n) is 3.10. The van der Waals surface area contributed by atoms with Gasteiger partial charge in [0.25, 0.3) is 0 Å². The van der Waals surface area contributed by atoms with E-state index in [1.54, 1.807) is 54.6 Å². The molecule has 0 fully saturated rings. The van der Waals surface area contributed by atoms with Gasteiger partial charge in [0, 0.05) is 0 Å². The van der Waals surface area contributed by atoms with Crippen LogP contribution in [0.4, 0.5) is 0 Å². The molecule has 4 heteroatoms. The van der Waals surface area contributed by atoms with Crippen LogP contribution in [-0.2, 0) is 9.84 Å². The van der Waals surface area contributed by atoms with Gasteiger partial charge < -0.3 is 4.74 Å². The van der Waals surface area contributed by atoms with E-state index in [1.165, 1.54) is 0 Å². The van der Waals surface area contributed by atoms with Gasteiger partial charge in [0.2, 0.25) is 9.84 Å². The Hall–Kier alpha value is -1.81. The molecule has 0 aliphatic carbocycles. The number of hydrogen-bond donors (Lipinski definition) is 0. The van der Waals surface area contributed by atoms with E-state index in [-0.39, 0.29) is 11.0 Å². The maximum atomic E-state index is 12.4. The lowest BCUT2D eigenvalue weighted by atomic mass is 10.3. The van der Waals surface area contributed by atoms with Crippen molar-refractivity contribution in [2.75, 3.05) is 0 Å². The minimum Gasteiger partial charge on any atom is -0.491 e. The van der Waals surface area contributed by atoms with E-state index in [1.807, 2.05) is 13.8 Å². The number of sulfone groups is 1. The first kappa shape index (κ1) is 14.6. The van der Waals surface area contributed by atoms with Crippen molar-refractivity contribution in [3.63, 3.8) is 0 Å². The summed E-state index contributed by atoms with van der Waals surface area (Å²) in [5.74, 6) is 0.686. The van der Waals surface area contributed by atoms with Crippen LogP contribution >= 0.6 is 0 Å². The van der Waals surface area contributed by atoms with Crippen LogP contribution < -0.4 is 4.74 Å². The van der Waals surface area contributed by atoms with Crippen LogP contribution in [0.15, 0.2) is 64.4 Å².